The zero-order chi connectivity index (χ0) is 21.6. The molecule has 1 amide bonds. The molecule has 1 saturated heterocycles. The van der Waals surface area contributed by atoms with Crippen LogP contribution in [0.15, 0.2) is 82.5 Å². The first-order chi connectivity index (χ1) is 15.1. The van der Waals surface area contributed by atoms with Crippen LogP contribution in [0.1, 0.15) is 11.1 Å². The van der Waals surface area contributed by atoms with E-state index in [9.17, 15) is 14.4 Å². The number of piperazine rings is 1. The fourth-order valence-electron chi connectivity index (χ4n) is 3.97. The predicted molar refractivity (Wildman–Crippen MR) is 118 cm³/mol. The van der Waals surface area contributed by atoms with Gasteiger partial charge < -0.3 is 9.80 Å². The Morgan fingerprint density at radius 3 is 2.10 bits per heavy atom. The van der Waals surface area contributed by atoms with E-state index in [2.05, 4.69) is 12.1 Å². The molecule has 7 heteroatoms. The Kier molecular flexibility index (Phi) is 6.43. The minimum atomic E-state index is -0.460. The van der Waals surface area contributed by atoms with Gasteiger partial charge in [-0.25, -0.2) is 4.79 Å². The molecule has 1 fully saturated rings. The number of carbonyl (C=O) groups is 1. The van der Waals surface area contributed by atoms with E-state index < -0.39 is 11.2 Å². The number of quaternary nitrogens is 1. The number of rotatable bonds is 6. The first-order valence-corrected chi connectivity index (χ1v) is 10.6. The van der Waals surface area contributed by atoms with Crippen LogP contribution in [-0.4, -0.2) is 46.1 Å². The van der Waals surface area contributed by atoms with Gasteiger partial charge in [-0.3, -0.25) is 18.7 Å². The van der Waals surface area contributed by atoms with Gasteiger partial charge >= 0.3 is 5.69 Å². The van der Waals surface area contributed by atoms with Crippen LogP contribution in [0.3, 0.4) is 0 Å². The third kappa shape index (κ3) is 5.19. The Morgan fingerprint density at radius 2 is 1.45 bits per heavy atom. The third-order valence-corrected chi connectivity index (χ3v) is 5.75. The third-order valence-electron chi connectivity index (χ3n) is 5.75. The van der Waals surface area contributed by atoms with Crippen molar-refractivity contribution >= 4 is 5.91 Å². The van der Waals surface area contributed by atoms with Crippen molar-refractivity contribution in [2.75, 3.05) is 26.2 Å². The van der Waals surface area contributed by atoms with E-state index in [-0.39, 0.29) is 12.5 Å². The Balaban J connectivity index is 1.39. The van der Waals surface area contributed by atoms with E-state index in [1.54, 1.807) is 4.90 Å². The molecule has 0 atom stereocenters. The van der Waals surface area contributed by atoms with E-state index in [1.165, 1.54) is 27.3 Å². The highest BCUT2D eigenvalue weighted by Crippen LogP contribution is 2.00. The molecule has 0 radical (unpaired) electrons. The lowest BCUT2D eigenvalue weighted by molar-refractivity contribution is -0.917. The summed E-state index contributed by atoms with van der Waals surface area (Å²) in [7, 11) is 0. The second-order valence-electron chi connectivity index (χ2n) is 7.93. The summed E-state index contributed by atoms with van der Waals surface area (Å²) >= 11 is 0. The van der Waals surface area contributed by atoms with Gasteiger partial charge in [0.1, 0.15) is 13.1 Å². The molecule has 160 valence electrons. The van der Waals surface area contributed by atoms with Gasteiger partial charge in [-0.05, 0) is 5.56 Å². The maximum absolute atomic E-state index is 12.8. The average molecular weight is 420 g/mol. The van der Waals surface area contributed by atoms with Crippen molar-refractivity contribution in [3.8, 4) is 0 Å². The molecular weight excluding hydrogens is 392 g/mol. The molecule has 0 unspecified atom stereocenters. The van der Waals surface area contributed by atoms with Gasteiger partial charge in [-0.2, -0.15) is 0 Å². The predicted octanol–water partition coefficient (Wildman–Crippen LogP) is -0.0144. The van der Waals surface area contributed by atoms with Crippen LogP contribution in [0, 0.1) is 0 Å². The summed E-state index contributed by atoms with van der Waals surface area (Å²) in [4.78, 5) is 41.1. The highest BCUT2D eigenvalue weighted by atomic mass is 16.2. The molecule has 0 aliphatic carbocycles. The molecule has 1 aliphatic heterocycles. The molecule has 1 aliphatic rings. The number of nitrogens with zero attached hydrogens (tertiary/aromatic N) is 3. The molecule has 4 rings (SSSR count). The molecule has 3 aromatic rings. The second-order valence-corrected chi connectivity index (χ2v) is 7.93. The highest BCUT2D eigenvalue weighted by Gasteiger charge is 2.24. The van der Waals surface area contributed by atoms with Crippen LogP contribution >= 0.6 is 0 Å². The van der Waals surface area contributed by atoms with Gasteiger partial charge in [-0.15, -0.1) is 0 Å². The number of hydrogen-bond donors (Lipinski definition) is 1. The van der Waals surface area contributed by atoms with Crippen molar-refractivity contribution in [2.45, 2.75) is 19.6 Å². The summed E-state index contributed by atoms with van der Waals surface area (Å²) in [5.74, 6) is -0.185. The summed E-state index contributed by atoms with van der Waals surface area (Å²) in [6, 6.07) is 21.2. The molecule has 0 saturated carbocycles. The van der Waals surface area contributed by atoms with E-state index in [0.29, 0.717) is 19.6 Å². The molecular formula is C24H27N4O3+. The fraction of sp³-hybridized carbons (Fsp3) is 0.292. The zero-order valence-corrected chi connectivity index (χ0v) is 17.4. The number of benzene rings is 2. The molecule has 2 heterocycles. The topological polar surface area (TPSA) is 68.8 Å². The number of carbonyl (C=O) groups excluding carboxylic acids is 1. The van der Waals surface area contributed by atoms with Gasteiger partial charge in [0.2, 0.25) is 5.91 Å². The van der Waals surface area contributed by atoms with Gasteiger partial charge in [0.25, 0.3) is 5.56 Å². The molecule has 1 aromatic heterocycles. The van der Waals surface area contributed by atoms with Gasteiger partial charge in [-0.1, -0.05) is 60.7 Å². The van der Waals surface area contributed by atoms with Crippen LogP contribution in [0.5, 0.6) is 0 Å². The normalized spacial score (nSPS) is 14.5. The molecule has 2 aromatic carbocycles. The van der Waals surface area contributed by atoms with E-state index in [4.69, 9.17) is 0 Å². The van der Waals surface area contributed by atoms with Crippen LogP contribution < -0.4 is 16.1 Å². The Bertz CT molecular complexity index is 1130. The molecule has 0 spiro atoms. The fourth-order valence-corrected chi connectivity index (χ4v) is 3.97. The summed E-state index contributed by atoms with van der Waals surface area (Å²) in [6.07, 6.45) is 1.49. The SMILES string of the molecule is O=C(Cn1c(=O)ccn(Cc2ccccc2)c1=O)N1CC[NH+](Cc2ccccc2)CC1. The quantitative estimate of drug-likeness (QED) is 0.611. The van der Waals surface area contributed by atoms with Crippen LogP contribution in [0.4, 0.5) is 0 Å². The smallest absolute Gasteiger partial charge is 0.330 e. The lowest BCUT2D eigenvalue weighted by atomic mass is 10.2. The number of aromatic nitrogens is 2. The first kappa shape index (κ1) is 20.8. The van der Waals surface area contributed by atoms with Crippen molar-refractivity contribution in [3.05, 3.63) is 105 Å². The van der Waals surface area contributed by atoms with Gasteiger partial charge in [0.15, 0.2) is 0 Å². The summed E-state index contributed by atoms with van der Waals surface area (Å²) in [5, 5.41) is 0. The minimum Gasteiger partial charge on any atom is -0.330 e. The summed E-state index contributed by atoms with van der Waals surface area (Å²) in [5.41, 5.74) is 1.33. The van der Waals surface area contributed by atoms with Gasteiger partial charge in [0, 0.05) is 17.8 Å². The lowest BCUT2D eigenvalue weighted by Crippen LogP contribution is -3.13. The van der Waals surface area contributed by atoms with Crippen LogP contribution in [0.2, 0.25) is 0 Å². The monoisotopic (exact) mass is 419 g/mol. The molecule has 7 nitrogen and oxygen atoms in total. The van der Waals surface area contributed by atoms with Crippen molar-refractivity contribution in [3.63, 3.8) is 0 Å². The largest absolute Gasteiger partial charge is 0.331 e. The minimum absolute atomic E-state index is 0.185. The first-order valence-electron chi connectivity index (χ1n) is 10.6. The van der Waals surface area contributed by atoms with Crippen LogP contribution in [-0.2, 0) is 24.4 Å². The van der Waals surface area contributed by atoms with Gasteiger partial charge in [0.05, 0.1) is 32.7 Å². The standard InChI is InChI=1S/C24H26N4O3/c29-22-11-12-27(18-21-9-5-2-6-10-21)24(31)28(22)19-23(30)26-15-13-25(14-16-26)17-20-7-3-1-4-8-20/h1-12H,13-19H2/p+1. The lowest BCUT2D eigenvalue weighted by Gasteiger charge is -2.32. The van der Waals surface area contributed by atoms with Crippen molar-refractivity contribution < 1.29 is 9.69 Å². The number of hydrogen-bond acceptors (Lipinski definition) is 3. The van der Waals surface area contributed by atoms with E-state index in [1.807, 2.05) is 48.5 Å². The van der Waals surface area contributed by atoms with Crippen molar-refractivity contribution in [2.24, 2.45) is 0 Å². The summed E-state index contributed by atoms with van der Waals surface area (Å²) < 4.78 is 2.50. The number of nitrogens with one attached hydrogen (secondary N) is 1. The van der Waals surface area contributed by atoms with Crippen molar-refractivity contribution in [1.82, 2.24) is 14.0 Å². The number of amides is 1. The maximum Gasteiger partial charge on any atom is 0.331 e. The van der Waals surface area contributed by atoms with Crippen LogP contribution in [0.25, 0.3) is 0 Å². The van der Waals surface area contributed by atoms with E-state index >= 15 is 0 Å². The highest BCUT2D eigenvalue weighted by molar-refractivity contribution is 5.76. The summed E-state index contributed by atoms with van der Waals surface area (Å²) in [6.45, 7) is 4.02. The Hall–Kier alpha value is -3.45. The van der Waals surface area contributed by atoms with E-state index in [0.717, 1.165) is 29.8 Å². The zero-order valence-electron chi connectivity index (χ0n) is 17.4. The Labute approximate surface area is 180 Å². The average Bonchev–Trinajstić information content (AvgIpc) is 2.80. The molecule has 0 bridgehead atoms. The molecule has 1 N–H and O–H groups in total. The second kappa shape index (κ2) is 9.57. The maximum atomic E-state index is 12.8. The molecule has 31 heavy (non-hydrogen) atoms. The Morgan fingerprint density at radius 1 is 0.839 bits per heavy atom. The van der Waals surface area contributed by atoms with Crippen molar-refractivity contribution in [1.29, 1.82) is 0 Å².